The molecule has 0 N–H and O–H groups in total. The van der Waals surface area contributed by atoms with Gasteiger partial charge in [0, 0.05) is 4.47 Å². The number of hydrogen-bond donors (Lipinski definition) is 0. The molecule has 0 aliphatic carbocycles. The molecule has 0 amide bonds. The van der Waals surface area contributed by atoms with Crippen LogP contribution >= 0.6 is 15.9 Å². The third-order valence-corrected chi connectivity index (χ3v) is 3.48. The Morgan fingerprint density at radius 1 is 1.36 bits per heavy atom. The summed E-state index contributed by atoms with van der Waals surface area (Å²) in [5.74, 6) is 0.787. The van der Waals surface area contributed by atoms with Crippen LogP contribution in [0.15, 0.2) is 10.5 Å². The van der Waals surface area contributed by atoms with Crippen molar-refractivity contribution in [2.75, 3.05) is 6.61 Å². The van der Waals surface area contributed by atoms with Gasteiger partial charge in [0.1, 0.15) is 12.4 Å². The van der Waals surface area contributed by atoms with E-state index < -0.39 is 0 Å². The third kappa shape index (κ3) is 2.15. The van der Waals surface area contributed by atoms with Crippen LogP contribution in [-0.2, 0) is 4.79 Å². The van der Waals surface area contributed by atoms with E-state index in [9.17, 15) is 4.79 Å². The molecule has 0 unspecified atom stereocenters. The molecule has 1 aromatic carbocycles. The van der Waals surface area contributed by atoms with E-state index in [4.69, 9.17) is 4.74 Å². The van der Waals surface area contributed by atoms with Gasteiger partial charge in [0.05, 0.1) is 0 Å². The zero-order valence-corrected chi connectivity index (χ0v) is 10.1. The number of halogens is 1. The van der Waals surface area contributed by atoms with Gasteiger partial charge in [0.15, 0.2) is 6.29 Å². The van der Waals surface area contributed by atoms with E-state index in [0.717, 1.165) is 33.2 Å². The highest BCUT2D eigenvalue weighted by molar-refractivity contribution is 9.10. The third-order valence-electron chi connectivity index (χ3n) is 2.26. The first-order chi connectivity index (χ1) is 6.57. The molecule has 1 aromatic rings. The fraction of sp³-hybridized carbons (Fsp3) is 0.364. The number of rotatable bonds is 3. The number of ether oxygens (including phenoxy) is 1. The second-order valence-electron chi connectivity index (χ2n) is 3.23. The van der Waals surface area contributed by atoms with E-state index in [1.165, 1.54) is 0 Å². The second kappa shape index (κ2) is 4.60. The van der Waals surface area contributed by atoms with Crippen LogP contribution < -0.4 is 4.74 Å². The molecule has 76 valence electrons. The minimum Gasteiger partial charge on any atom is -0.486 e. The van der Waals surface area contributed by atoms with Crippen LogP contribution in [0.2, 0.25) is 0 Å². The SMILES string of the molecule is Cc1cc(OCC=O)c(C)c(C)c1Br. The molecule has 0 aliphatic rings. The van der Waals surface area contributed by atoms with Gasteiger partial charge in [-0.2, -0.15) is 0 Å². The highest BCUT2D eigenvalue weighted by Gasteiger charge is 2.08. The van der Waals surface area contributed by atoms with E-state index in [2.05, 4.69) is 15.9 Å². The summed E-state index contributed by atoms with van der Waals surface area (Å²) in [6.07, 6.45) is 0.756. The minimum atomic E-state index is 0.112. The summed E-state index contributed by atoms with van der Waals surface area (Å²) in [6.45, 7) is 6.13. The van der Waals surface area contributed by atoms with E-state index in [1.807, 2.05) is 26.8 Å². The monoisotopic (exact) mass is 256 g/mol. The van der Waals surface area contributed by atoms with Crippen molar-refractivity contribution in [3.63, 3.8) is 0 Å². The number of carbonyl (C=O) groups is 1. The molecule has 0 fully saturated rings. The number of carbonyl (C=O) groups excluding carboxylic acids is 1. The van der Waals surface area contributed by atoms with Crippen LogP contribution in [0, 0.1) is 20.8 Å². The molecule has 0 aliphatic heterocycles. The number of aryl methyl sites for hydroxylation is 1. The summed E-state index contributed by atoms with van der Waals surface area (Å²) in [4.78, 5) is 10.2. The van der Waals surface area contributed by atoms with Crippen LogP contribution in [0.1, 0.15) is 16.7 Å². The van der Waals surface area contributed by atoms with Crippen LogP contribution in [0.4, 0.5) is 0 Å². The predicted molar refractivity (Wildman–Crippen MR) is 59.9 cm³/mol. The molecule has 2 nitrogen and oxygen atoms in total. The summed E-state index contributed by atoms with van der Waals surface area (Å²) >= 11 is 3.51. The Labute approximate surface area is 92.4 Å². The zero-order chi connectivity index (χ0) is 10.7. The van der Waals surface area contributed by atoms with Gasteiger partial charge in [-0.05, 0) is 43.5 Å². The van der Waals surface area contributed by atoms with Gasteiger partial charge in [-0.15, -0.1) is 0 Å². The first-order valence-corrected chi connectivity index (χ1v) is 5.20. The first-order valence-electron chi connectivity index (χ1n) is 4.40. The van der Waals surface area contributed by atoms with Crippen LogP contribution in [0.25, 0.3) is 0 Å². The average molecular weight is 257 g/mol. The number of hydrogen-bond acceptors (Lipinski definition) is 2. The lowest BCUT2D eigenvalue weighted by Crippen LogP contribution is -2.01. The van der Waals surface area contributed by atoms with Crippen LogP contribution in [0.5, 0.6) is 5.75 Å². The van der Waals surface area contributed by atoms with Gasteiger partial charge in [-0.25, -0.2) is 0 Å². The number of benzene rings is 1. The van der Waals surface area contributed by atoms with Gasteiger partial charge < -0.3 is 4.74 Å². The normalized spacial score (nSPS) is 10.0. The van der Waals surface area contributed by atoms with Crippen molar-refractivity contribution in [3.05, 3.63) is 27.2 Å². The molecular formula is C11H13BrO2. The molecule has 3 heteroatoms. The Balaban J connectivity index is 3.12. The second-order valence-corrected chi connectivity index (χ2v) is 4.03. The van der Waals surface area contributed by atoms with Crippen molar-refractivity contribution in [2.45, 2.75) is 20.8 Å². The Kier molecular flexibility index (Phi) is 3.69. The maximum atomic E-state index is 10.2. The molecule has 0 atom stereocenters. The van der Waals surface area contributed by atoms with Crippen molar-refractivity contribution in [1.29, 1.82) is 0 Å². The standard InChI is InChI=1S/C11H13BrO2/c1-7-6-10(14-5-4-13)8(2)9(3)11(7)12/h4,6H,5H2,1-3H3. The largest absolute Gasteiger partial charge is 0.486 e. The smallest absolute Gasteiger partial charge is 0.157 e. The Morgan fingerprint density at radius 3 is 2.57 bits per heavy atom. The topological polar surface area (TPSA) is 26.3 Å². The van der Waals surface area contributed by atoms with Crippen LogP contribution in [0.3, 0.4) is 0 Å². The highest BCUT2D eigenvalue weighted by Crippen LogP contribution is 2.30. The van der Waals surface area contributed by atoms with E-state index in [-0.39, 0.29) is 6.61 Å². The maximum absolute atomic E-state index is 10.2. The molecule has 1 rings (SSSR count). The molecule has 14 heavy (non-hydrogen) atoms. The van der Waals surface area contributed by atoms with Gasteiger partial charge in [0.2, 0.25) is 0 Å². The summed E-state index contributed by atoms with van der Waals surface area (Å²) in [7, 11) is 0. The zero-order valence-electron chi connectivity index (χ0n) is 8.56. The van der Waals surface area contributed by atoms with E-state index >= 15 is 0 Å². The van der Waals surface area contributed by atoms with Crippen molar-refractivity contribution in [1.82, 2.24) is 0 Å². The highest BCUT2D eigenvalue weighted by atomic mass is 79.9. The lowest BCUT2D eigenvalue weighted by atomic mass is 10.1. The molecule has 0 spiro atoms. The summed E-state index contributed by atoms with van der Waals surface area (Å²) < 4.78 is 6.42. The quantitative estimate of drug-likeness (QED) is 0.778. The molecule has 0 saturated heterocycles. The molecule has 0 saturated carbocycles. The number of aldehydes is 1. The Bertz CT molecular complexity index is 359. The maximum Gasteiger partial charge on any atom is 0.157 e. The average Bonchev–Trinajstić information content (AvgIpc) is 2.18. The molecule has 0 aromatic heterocycles. The lowest BCUT2D eigenvalue weighted by Gasteiger charge is -2.12. The molecule has 0 radical (unpaired) electrons. The predicted octanol–water partition coefficient (Wildman–Crippen LogP) is 2.95. The van der Waals surface area contributed by atoms with E-state index in [0.29, 0.717) is 0 Å². The van der Waals surface area contributed by atoms with Crippen LogP contribution in [-0.4, -0.2) is 12.9 Å². The minimum absolute atomic E-state index is 0.112. The fourth-order valence-corrected chi connectivity index (χ4v) is 1.70. The summed E-state index contributed by atoms with van der Waals surface area (Å²) in [6, 6.07) is 1.94. The molecule has 0 heterocycles. The summed E-state index contributed by atoms with van der Waals surface area (Å²) in [5, 5.41) is 0. The van der Waals surface area contributed by atoms with Crippen molar-refractivity contribution >= 4 is 22.2 Å². The van der Waals surface area contributed by atoms with Gasteiger partial charge >= 0.3 is 0 Å². The first kappa shape index (κ1) is 11.2. The van der Waals surface area contributed by atoms with E-state index in [1.54, 1.807) is 0 Å². The summed E-state index contributed by atoms with van der Waals surface area (Å²) in [5.41, 5.74) is 3.35. The fourth-order valence-electron chi connectivity index (χ4n) is 1.29. The van der Waals surface area contributed by atoms with Gasteiger partial charge in [0.25, 0.3) is 0 Å². The van der Waals surface area contributed by atoms with Crippen molar-refractivity contribution in [3.8, 4) is 5.75 Å². The molecule has 0 bridgehead atoms. The molecular weight excluding hydrogens is 244 g/mol. The van der Waals surface area contributed by atoms with Gasteiger partial charge in [-0.3, -0.25) is 4.79 Å². The van der Waals surface area contributed by atoms with Crippen molar-refractivity contribution in [2.24, 2.45) is 0 Å². The van der Waals surface area contributed by atoms with Crippen molar-refractivity contribution < 1.29 is 9.53 Å². The Hall–Kier alpha value is -0.830. The lowest BCUT2D eigenvalue weighted by molar-refractivity contribution is -0.109. The Morgan fingerprint density at radius 2 is 2.00 bits per heavy atom. The van der Waals surface area contributed by atoms with Gasteiger partial charge in [-0.1, -0.05) is 15.9 Å².